The summed E-state index contributed by atoms with van der Waals surface area (Å²) in [6.07, 6.45) is 2.18. The van der Waals surface area contributed by atoms with Gasteiger partial charge in [0.25, 0.3) is 5.91 Å². The fourth-order valence-corrected chi connectivity index (χ4v) is 2.76. The molecule has 0 aliphatic carbocycles. The summed E-state index contributed by atoms with van der Waals surface area (Å²) in [7, 11) is 0. The molecule has 1 unspecified atom stereocenters. The summed E-state index contributed by atoms with van der Waals surface area (Å²) in [6.45, 7) is 2.52. The molecule has 2 amide bonds. The summed E-state index contributed by atoms with van der Waals surface area (Å²) >= 11 is 0. The molecule has 7 nitrogen and oxygen atoms in total. The van der Waals surface area contributed by atoms with Crippen molar-refractivity contribution >= 4 is 17.6 Å². The average molecular weight is 314 g/mol. The molecule has 3 N–H and O–H groups in total. The number of carbonyl (C=O) groups excluding carboxylic acids is 2. The van der Waals surface area contributed by atoms with Gasteiger partial charge in [-0.1, -0.05) is 12.1 Å². The lowest BCUT2D eigenvalue weighted by Crippen LogP contribution is -2.24. The van der Waals surface area contributed by atoms with Crippen molar-refractivity contribution in [1.82, 2.24) is 9.78 Å². The zero-order chi connectivity index (χ0) is 16.4. The second-order valence-electron chi connectivity index (χ2n) is 5.39. The van der Waals surface area contributed by atoms with E-state index in [1.165, 1.54) is 0 Å². The van der Waals surface area contributed by atoms with Crippen LogP contribution in [0, 0.1) is 0 Å². The quantitative estimate of drug-likeness (QED) is 0.867. The third kappa shape index (κ3) is 3.03. The first-order valence-corrected chi connectivity index (χ1v) is 7.45. The highest BCUT2D eigenvalue weighted by molar-refractivity contribution is 5.94. The number of primary amides is 1. The van der Waals surface area contributed by atoms with Crippen LogP contribution in [-0.4, -0.2) is 28.2 Å². The maximum absolute atomic E-state index is 12.0. The van der Waals surface area contributed by atoms with E-state index in [4.69, 9.17) is 10.5 Å². The van der Waals surface area contributed by atoms with E-state index >= 15 is 0 Å². The highest BCUT2D eigenvalue weighted by Crippen LogP contribution is 2.37. The molecular weight excluding hydrogens is 296 g/mol. The normalized spacial score (nSPS) is 16.6. The highest BCUT2D eigenvalue weighted by Gasteiger charge is 2.29. The first-order valence-electron chi connectivity index (χ1n) is 7.45. The first-order chi connectivity index (χ1) is 11.1. The second kappa shape index (κ2) is 6.12. The molecule has 0 fully saturated rings. The number of hydrogen-bond donors (Lipinski definition) is 2. The van der Waals surface area contributed by atoms with Gasteiger partial charge in [-0.15, -0.1) is 0 Å². The van der Waals surface area contributed by atoms with Gasteiger partial charge < -0.3 is 15.8 Å². The number of nitrogens with zero attached hydrogens (tertiary/aromatic N) is 2. The summed E-state index contributed by atoms with van der Waals surface area (Å²) in [5.41, 5.74) is 7.07. The summed E-state index contributed by atoms with van der Waals surface area (Å²) in [5, 5.41) is 7.21. The Kier molecular flexibility index (Phi) is 4.01. The third-order valence-electron chi connectivity index (χ3n) is 3.85. The molecule has 1 aromatic carbocycles. The van der Waals surface area contributed by atoms with E-state index in [0.717, 1.165) is 16.9 Å². The Hall–Kier alpha value is -2.83. The van der Waals surface area contributed by atoms with Crippen molar-refractivity contribution in [2.75, 3.05) is 11.9 Å². The van der Waals surface area contributed by atoms with Gasteiger partial charge in [-0.2, -0.15) is 5.10 Å². The first kappa shape index (κ1) is 15.1. The van der Waals surface area contributed by atoms with Gasteiger partial charge in [-0.3, -0.25) is 9.59 Å². The van der Waals surface area contributed by atoms with E-state index in [1.54, 1.807) is 23.0 Å². The Bertz CT molecular complexity index is 736. The Labute approximate surface area is 133 Å². The van der Waals surface area contributed by atoms with Crippen molar-refractivity contribution in [3.8, 4) is 5.75 Å². The van der Waals surface area contributed by atoms with Crippen molar-refractivity contribution in [1.29, 1.82) is 0 Å². The molecule has 0 radical (unpaired) electrons. The van der Waals surface area contributed by atoms with E-state index < -0.39 is 5.91 Å². The largest absolute Gasteiger partial charge is 0.484 e. The fraction of sp³-hybridized carbons (Fsp3) is 0.312. The monoisotopic (exact) mass is 314 g/mol. The topological polar surface area (TPSA) is 99.2 Å². The molecule has 0 saturated heterocycles. The molecule has 3 rings (SSSR count). The van der Waals surface area contributed by atoms with Crippen LogP contribution in [0.4, 0.5) is 5.82 Å². The lowest BCUT2D eigenvalue weighted by Gasteiger charge is -2.23. The number of fused-ring (bicyclic) bond motifs is 1. The van der Waals surface area contributed by atoms with Gasteiger partial charge in [-0.25, -0.2) is 4.68 Å². The van der Waals surface area contributed by atoms with Crippen molar-refractivity contribution in [3.05, 3.63) is 41.6 Å². The Morgan fingerprint density at radius 1 is 1.43 bits per heavy atom. The van der Waals surface area contributed by atoms with E-state index in [1.807, 2.05) is 19.1 Å². The molecule has 2 heterocycles. The molecule has 0 bridgehead atoms. The molecule has 2 aromatic rings. The SMILES string of the molecule is CCn1ncc2c1NC(=O)CC2c1ccc(OCC(N)=O)cc1. The molecule has 0 spiro atoms. The van der Waals surface area contributed by atoms with Crippen LogP contribution in [-0.2, 0) is 16.1 Å². The number of hydrogen-bond acceptors (Lipinski definition) is 4. The molecule has 7 heteroatoms. The van der Waals surface area contributed by atoms with Gasteiger partial charge in [0.2, 0.25) is 5.91 Å². The van der Waals surface area contributed by atoms with Crippen LogP contribution in [0.1, 0.15) is 30.4 Å². The molecular formula is C16H18N4O3. The minimum Gasteiger partial charge on any atom is -0.484 e. The predicted molar refractivity (Wildman–Crippen MR) is 84.1 cm³/mol. The van der Waals surface area contributed by atoms with Gasteiger partial charge in [-0.05, 0) is 24.6 Å². The van der Waals surface area contributed by atoms with Gasteiger partial charge in [0.1, 0.15) is 11.6 Å². The number of benzene rings is 1. The van der Waals surface area contributed by atoms with Crippen molar-refractivity contribution in [2.24, 2.45) is 5.73 Å². The van der Waals surface area contributed by atoms with Crippen LogP contribution in [0.2, 0.25) is 0 Å². The number of carbonyl (C=O) groups is 2. The van der Waals surface area contributed by atoms with Crippen molar-refractivity contribution in [2.45, 2.75) is 25.8 Å². The van der Waals surface area contributed by atoms with Gasteiger partial charge in [0, 0.05) is 24.4 Å². The van der Waals surface area contributed by atoms with E-state index in [-0.39, 0.29) is 18.4 Å². The van der Waals surface area contributed by atoms with Crippen LogP contribution in [0.15, 0.2) is 30.5 Å². The van der Waals surface area contributed by atoms with E-state index in [0.29, 0.717) is 18.7 Å². The Morgan fingerprint density at radius 2 is 2.17 bits per heavy atom. The van der Waals surface area contributed by atoms with Crippen molar-refractivity contribution < 1.29 is 14.3 Å². The molecule has 1 aromatic heterocycles. The number of nitrogens with one attached hydrogen (secondary N) is 1. The standard InChI is InChI=1S/C16H18N4O3/c1-2-20-16-13(8-18-20)12(7-15(22)19-16)10-3-5-11(6-4-10)23-9-14(17)21/h3-6,8,12H,2,7,9H2,1H3,(H2,17,21)(H,19,22). The molecule has 23 heavy (non-hydrogen) atoms. The zero-order valence-corrected chi connectivity index (χ0v) is 12.8. The smallest absolute Gasteiger partial charge is 0.255 e. The number of aromatic nitrogens is 2. The van der Waals surface area contributed by atoms with Gasteiger partial charge >= 0.3 is 0 Å². The lowest BCUT2D eigenvalue weighted by molar-refractivity contribution is -0.120. The van der Waals surface area contributed by atoms with Gasteiger partial charge in [0.05, 0.1) is 6.20 Å². The molecule has 1 atom stereocenters. The molecule has 1 aliphatic heterocycles. The highest BCUT2D eigenvalue weighted by atomic mass is 16.5. The maximum atomic E-state index is 12.0. The molecule has 0 saturated carbocycles. The minimum atomic E-state index is -0.519. The fourth-order valence-electron chi connectivity index (χ4n) is 2.76. The third-order valence-corrected chi connectivity index (χ3v) is 3.85. The number of amides is 2. The van der Waals surface area contributed by atoms with Crippen LogP contribution in [0.5, 0.6) is 5.75 Å². The maximum Gasteiger partial charge on any atom is 0.255 e. The summed E-state index contributed by atoms with van der Waals surface area (Å²) in [6, 6.07) is 7.34. The van der Waals surface area contributed by atoms with Crippen LogP contribution >= 0.6 is 0 Å². The zero-order valence-electron chi connectivity index (χ0n) is 12.8. The van der Waals surface area contributed by atoms with Crippen LogP contribution in [0.3, 0.4) is 0 Å². The van der Waals surface area contributed by atoms with Crippen molar-refractivity contribution in [3.63, 3.8) is 0 Å². The van der Waals surface area contributed by atoms with E-state index in [9.17, 15) is 9.59 Å². The van der Waals surface area contributed by atoms with E-state index in [2.05, 4.69) is 10.4 Å². The lowest BCUT2D eigenvalue weighted by atomic mass is 9.87. The van der Waals surface area contributed by atoms with Crippen LogP contribution in [0.25, 0.3) is 0 Å². The second-order valence-corrected chi connectivity index (χ2v) is 5.39. The Morgan fingerprint density at radius 3 is 2.83 bits per heavy atom. The molecule has 1 aliphatic rings. The van der Waals surface area contributed by atoms with Gasteiger partial charge in [0.15, 0.2) is 6.61 Å². The minimum absolute atomic E-state index is 0.0215. The summed E-state index contributed by atoms with van der Waals surface area (Å²) in [4.78, 5) is 22.7. The average Bonchev–Trinajstić information content (AvgIpc) is 2.95. The number of nitrogens with two attached hydrogens (primary N) is 1. The summed E-state index contributed by atoms with van der Waals surface area (Å²) in [5.74, 6) is 0.755. The van der Waals surface area contributed by atoms with Crippen LogP contribution < -0.4 is 15.8 Å². The number of rotatable bonds is 5. The Balaban J connectivity index is 1.86. The number of aryl methyl sites for hydroxylation is 1. The number of anilines is 1. The predicted octanol–water partition coefficient (Wildman–Crippen LogP) is 1.24. The summed E-state index contributed by atoms with van der Waals surface area (Å²) < 4.78 is 7.03. The number of ether oxygens (including phenoxy) is 1. The molecule has 120 valence electrons.